The van der Waals surface area contributed by atoms with E-state index in [4.69, 9.17) is 11.5 Å². The van der Waals surface area contributed by atoms with Crippen LogP contribution in [0, 0.1) is 11.8 Å². The van der Waals surface area contributed by atoms with E-state index in [-0.39, 0.29) is 6.04 Å². The first-order valence-electron chi connectivity index (χ1n) is 3.55. The van der Waals surface area contributed by atoms with Gasteiger partial charge >= 0.3 is 0 Å². The fraction of sp³-hybridized carbons (Fsp3) is 1.00. The Morgan fingerprint density at radius 1 is 1.22 bits per heavy atom. The van der Waals surface area contributed by atoms with Crippen molar-refractivity contribution in [3.05, 3.63) is 0 Å². The van der Waals surface area contributed by atoms with Crippen molar-refractivity contribution in [2.75, 3.05) is 6.54 Å². The van der Waals surface area contributed by atoms with E-state index in [1.165, 1.54) is 0 Å². The third kappa shape index (κ3) is 2.82. The maximum absolute atomic E-state index is 5.69. The molecule has 0 heterocycles. The molecule has 0 fully saturated rings. The molecule has 0 aromatic carbocycles. The summed E-state index contributed by atoms with van der Waals surface area (Å²) >= 11 is 0. The molecule has 0 aromatic heterocycles. The fourth-order valence-electron chi connectivity index (χ4n) is 0.709. The highest BCUT2D eigenvalue weighted by Crippen LogP contribution is 2.11. The zero-order chi connectivity index (χ0) is 7.44. The molecule has 2 heteroatoms. The summed E-state index contributed by atoms with van der Waals surface area (Å²) in [5.41, 5.74) is 11.1. The Labute approximate surface area is 57.6 Å². The second kappa shape index (κ2) is 3.85. The SMILES string of the molecule is CC(C)C(C)C(N)CN. The van der Waals surface area contributed by atoms with Crippen molar-refractivity contribution in [2.24, 2.45) is 23.3 Å². The van der Waals surface area contributed by atoms with E-state index in [1.54, 1.807) is 0 Å². The van der Waals surface area contributed by atoms with E-state index in [0.29, 0.717) is 18.4 Å². The van der Waals surface area contributed by atoms with Crippen molar-refractivity contribution in [3.8, 4) is 0 Å². The van der Waals surface area contributed by atoms with E-state index in [1.807, 2.05) is 0 Å². The van der Waals surface area contributed by atoms with Gasteiger partial charge in [0.15, 0.2) is 0 Å². The lowest BCUT2D eigenvalue weighted by molar-refractivity contribution is 0.351. The van der Waals surface area contributed by atoms with Crippen LogP contribution in [0.15, 0.2) is 0 Å². The van der Waals surface area contributed by atoms with Gasteiger partial charge < -0.3 is 11.5 Å². The monoisotopic (exact) mass is 130 g/mol. The molecule has 0 amide bonds. The molecule has 4 N–H and O–H groups in total. The number of rotatable bonds is 3. The predicted octanol–water partition coefficient (Wildman–Crippen LogP) is 0.565. The van der Waals surface area contributed by atoms with Gasteiger partial charge in [-0.2, -0.15) is 0 Å². The van der Waals surface area contributed by atoms with Crippen molar-refractivity contribution in [2.45, 2.75) is 26.8 Å². The van der Waals surface area contributed by atoms with Crippen molar-refractivity contribution >= 4 is 0 Å². The minimum absolute atomic E-state index is 0.171. The van der Waals surface area contributed by atoms with Gasteiger partial charge in [0.05, 0.1) is 0 Å². The summed E-state index contributed by atoms with van der Waals surface area (Å²) in [7, 11) is 0. The van der Waals surface area contributed by atoms with Gasteiger partial charge in [0, 0.05) is 12.6 Å². The van der Waals surface area contributed by atoms with Crippen LogP contribution in [-0.4, -0.2) is 12.6 Å². The van der Waals surface area contributed by atoms with Crippen molar-refractivity contribution in [3.63, 3.8) is 0 Å². The lowest BCUT2D eigenvalue weighted by Gasteiger charge is -2.21. The van der Waals surface area contributed by atoms with Crippen LogP contribution < -0.4 is 11.5 Å². The molecule has 0 rings (SSSR count). The molecule has 0 aromatic rings. The Hall–Kier alpha value is -0.0800. The number of hydrogen-bond acceptors (Lipinski definition) is 2. The third-order valence-electron chi connectivity index (χ3n) is 2.00. The van der Waals surface area contributed by atoms with Gasteiger partial charge in [-0.25, -0.2) is 0 Å². The zero-order valence-electron chi connectivity index (χ0n) is 6.59. The summed E-state index contributed by atoms with van der Waals surface area (Å²) in [6.45, 7) is 7.07. The molecule has 0 aliphatic heterocycles. The molecule has 56 valence electrons. The van der Waals surface area contributed by atoms with Crippen LogP contribution in [-0.2, 0) is 0 Å². The van der Waals surface area contributed by atoms with Gasteiger partial charge in [-0.1, -0.05) is 20.8 Å². The molecule has 9 heavy (non-hydrogen) atoms. The Bertz CT molecular complexity index is 71.3. The van der Waals surface area contributed by atoms with Gasteiger partial charge in [-0.15, -0.1) is 0 Å². The minimum Gasteiger partial charge on any atom is -0.329 e. The molecule has 0 spiro atoms. The Balaban J connectivity index is 3.58. The highest BCUT2D eigenvalue weighted by atomic mass is 14.7. The van der Waals surface area contributed by atoms with Gasteiger partial charge in [0.2, 0.25) is 0 Å². The van der Waals surface area contributed by atoms with Gasteiger partial charge in [0.25, 0.3) is 0 Å². The van der Waals surface area contributed by atoms with Crippen molar-refractivity contribution in [1.29, 1.82) is 0 Å². The predicted molar refractivity (Wildman–Crippen MR) is 41.0 cm³/mol. The maximum atomic E-state index is 5.69. The van der Waals surface area contributed by atoms with Crippen LogP contribution in [0.1, 0.15) is 20.8 Å². The second-order valence-corrected chi connectivity index (χ2v) is 3.00. The lowest BCUT2D eigenvalue weighted by Crippen LogP contribution is -2.38. The fourth-order valence-corrected chi connectivity index (χ4v) is 0.709. The topological polar surface area (TPSA) is 52.0 Å². The lowest BCUT2D eigenvalue weighted by atomic mass is 9.91. The Morgan fingerprint density at radius 2 is 1.67 bits per heavy atom. The molecule has 0 bridgehead atoms. The molecule has 2 nitrogen and oxygen atoms in total. The van der Waals surface area contributed by atoms with Crippen molar-refractivity contribution < 1.29 is 0 Å². The average Bonchev–Trinajstić information content (AvgIpc) is 1.84. The van der Waals surface area contributed by atoms with E-state index < -0.39 is 0 Å². The van der Waals surface area contributed by atoms with Crippen LogP contribution in [0.3, 0.4) is 0 Å². The van der Waals surface area contributed by atoms with Crippen molar-refractivity contribution in [1.82, 2.24) is 0 Å². The smallest absolute Gasteiger partial charge is 0.0191 e. The quantitative estimate of drug-likeness (QED) is 0.586. The van der Waals surface area contributed by atoms with Gasteiger partial charge in [0.1, 0.15) is 0 Å². The Kier molecular flexibility index (Phi) is 3.82. The standard InChI is InChI=1S/C7H18N2/c1-5(2)6(3)7(9)4-8/h5-7H,4,8-9H2,1-3H3. The largest absolute Gasteiger partial charge is 0.329 e. The Morgan fingerprint density at radius 3 is 1.78 bits per heavy atom. The maximum Gasteiger partial charge on any atom is 0.0191 e. The molecule has 2 atom stereocenters. The summed E-state index contributed by atoms with van der Waals surface area (Å²) in [5, 5.41) is 0. The van der Waals surface area contributed by atoms with Crippen LogP contribution in [0.4, 0.5) is 0 Å². The summed E-state index contributed by atoms with van der Waals surface area (Å²) in [6, 6.07) is 0.171. The molecule has 0 radical (unpaired) electrons. The normalized spacial score (nSPS) is 18.0. The first kappa shape index (κ1) is 8.92. The third-order valence-corrected chi connectivity index (χ3v) is 2.00. The summed E-state index contributed by atoms with van der Waals surface area (Å²) < 4.78 is 0. The first-order valence-corrected chi connectivity index (χ1v) is 3.55. The molecule has 0 saturated carbocycles. The van der Waals surface area contributed by atoms with E-state index >= 15 is 0 Å². The minimum atomic E-state index is 0.171. The number of hydrogen-bond donors (Lipinski definition) is 2. The molecule has 2 unspecified atom stereocenters. The summed E-state index contributed by atoms with van der Waals surface area (Å²) in [5.74, 6) is 1.18. The van der Waals surface area contributed by atoms with Crippen LogP contribution >= 0.6 is 0 Å². The summed E-state index contributed by atoms with van der Waals surface area (Å²) in [4.78, 5) is 0. The zero-order valence-corrected chi connectivity index (χ0v) is 6.59. The number of nitrogens with two attached hydrogens (primary N) is 2. The van der Waals surface area contributed by atoms with E-state index in [0.717, 1.165) is 0 Å². The molecular weight excluding hydrogens is 112 g/mol. The van der Waals surface area contributed by atoms with Crippen LogP contribution in [0.5, 0.6) is 0 Å². The van der Waals surface area contributed by atoms with Gasteiger partial charge in [-0.3, -0.25) is 0 Å². The molecule has 0 aliphatic rings. The first-order chi connectivity index (χ1) is 4.09. The molecule has 0 saturated heterocycles. The van der Waals surface area contributed by atoms with Crippen LogP contribution in [0.2, 0.25) is 0 Å². The molecule has 0 aliphatic carbocycles. The highest BCUT2D eigenvalue weighted by Gasteiger charge is 2.13. The summed E-state index contributed by atoms with van der Waals surface area (Å²) in [6.07, 6.45) is 0. The van der Waals surface area contributed by atoms with Crippen LogP contribution in [0.25, 0.3) is 0 Å². The second-order valence-electron chi connectivity index (χ2n) is 3.00. The van der Waals surface area contributed by atoms with E-state index in [2.05, 4.69) is 20.8 Å². The highest BCUT2D eigenvalue weighted by molar-refractivity contribution is 4.71. The average molecular weight is 130 g/mol. The van der Waals surface area contributed by atoms with E-state index in [9.17, 15) is 0 Å². The molecular formula is C7H18N2. The van der Waals surface area contributed by atoms with Gasteiger partial charge in [-0.05, 0) is 11.8 Å².